The SMILES string of the molecule is CC[C@H]1OC(=O)[C@H](C)[C@H]2OCC(=CCNc3ccccc3)CO[C@](C)(C[C@@H](C)C(=O)[C@H](C)[C@@H]3CC(=O)O[C@]13C)[C@H](O[C@@H]1O[C@H](C)C[C@H](N(C)C)[C@H]1O)[C@H]2C. The number of Topliss-reactive ketones (excluding diaryl/α,β-unsaturated/α-hetero) is 1. The van der Waals surface area contributed by atoms with Crippen molar-refractivity contribution in [2.75, 3.05) is 39.2 Å². The maximum atomic E-state index is 14.5. The van der Waals surface area contributed by atoms with Crippen molar-refractivity contribution < 1.29 is 47.9 Å². The van der Waals surface area contributed by atoms with Crippen LogP contribution in [0, 0.1) is 29.6 Å². The number of hydrogen-bond donors (Lipinski definition) is 2. The number of benzene rings is 1. The monoisotopic (exact) mass is 756 g/mol. The highest BCUT2D eigenvalue weighted by Gasteiger charge is 2.57. The van der Waals surface area contributed by atoms with E-state index in [1.165, 1.54) is 0 Å². The van der Waals surface area contributed by atoms with Crippen LogP contribution >= 0.6 is 0 Å². The zero-order valence-electron chi connectivity index (χ0n) is 33.9. The Bertz CT molecular complexity index is 1490. The van der Waals surface area contributed by atoms with Gasteiger partial charge in [0, 0.05) is 41.9 Å². The van der Waals surface area contributed by atoms with Gasteiger partial charge in [-0.2, -0.15) is 0 Å². The van der Waals surface area contributed by atoms with Crippen LogP contribution in [0.2, 0.25) is 0 Å². The molecule has 4 aliphatic heterocycles. The van der Waals surface area contributed by atoms with Gasteiger partial charge in [0.15, 0.2) is 6.29 Å². The number of hydrogen-bond acceptors (Lipinski definition) is 12. The zero-order chi connectivity index (χ0) is 39.5. The highest BCUT2D eigenvalue weighted by molar-refractivity contribution is 5.85. The van der Waals surface area contributed by atoms with Gasteiger partial charge in [-0.05, 0) is 78.8 Å². The fourth-order valence-corrected chi connectivity index (χ4v) is 9.36. The van der Waals surface area contributed by atoms with Gasteiger partial charge in [-0.3, -0.25) is 14.4 Å². The fourth-order valence-electron chi connectivity index (χ4n) is 9.36. The van der Waals surface area contributed by atoms with Gasteiger partial charge >= 0.3 is 11.9 Å². The molecule has 302 valence electrons. The largest absolute Gasteiger partial charge is 0.458 e. The molecule has 4 heterocycles. The molecule has 4 fully saturated rings. The molecule has 4 saturated heterocycles. The lowest BCUT2D eigenvalue weighted by Gasteiger charge is -2.48. The molecular weight excluding hydrogens is 692 g/mol. The number of rotatable bonds is 7. The standard InChI is InChI=1S/C42H64N2O10/c1-11-33-42(8)31(20-34(45)54-42)26(4)35(46)24(2)21-41(7)38(53-40-36(47)32(44(9)10)19-25(3)51-40)27(5)37(28(6)39(48)52-33)49-22-29(23-50-41)17-18-43-30-15-13-12-14-16-30/h12-17,24-28,31-33,36-38,40,43,47H,11,18-23H2,1-10H3/t24-,25-,26-,27+,28-,31+,32+,33-,36-,37+,38-,40+,41-,42+/m1/s1. The van der Waals surface area contributed by atoms with Crippen LogP contribution in [0.25, 0.3) is 0 Å². The molecule has 14 atom stereocenters. The first-order chi connectivity index (χ1) is 25.5. The van der Waals surface area contributed by atoms with E-state index in [9.17, 15) is 19.5 Å². The number of likely N-dealkylation sites (N-methyl/N-ethyl adjacent to an activating group) is 1. The van der Waals surface area contributed by atoms with E-state index >= 15 is 0 Å². The Morgan fingerprint density at radius 3 is 2.39 bits per heavy atom. The van der Waals surface area contributed by atoms with Gasteiger partial charge in [-0.25, -0.2) is 0 Å². The first kappa shape index (κ1) is 42.3. The van der Waals surface area contributed by atoms with E-state index in [0.29, 0.717) is 19.4 Å². The van der Waals surface area contributed by atoms with Crippen molar-refractivity contribution in [3.8, 4) is 0 Å². The number of fused-ring (bicyclic) bond motifs is 4. The molecule has 0 amide bonds. The molecule has 1 aromatic rings. The molecule has 0 spiro atoms. The molecule has 4 aliphatic rings. The number of nitrogens with zero attached hydrogens (tertiary/aromatic N) is 1. The molecule has 2 N–H and O–H groups in total. The van der Waals surface area contributed by atoms with Crippen molar-refractivity contribution in [1.29, 1.82) is 0 Å². The Morgan fingerprint density at radius 2 is 1.72 bits per heavy atom. The van der Waals surface area contributed by atoms with Crippen LogP contribution in [0.4, 0.5) is 5.69 Å². The van der Waals surface area contributed by atoms with Gasteiger partial charge in [0.25, 0.3) is 0 Å². The molecule has 0 saturated carbocycles. The second-order valence-corrected chi connectivity index (χ2v) is 16.9. The summed E-state index contributed by atoms with van der Waals surface area (Å²) in [6.45, 7) is 15.9. The highest BCUT2D eigenvalue weighted by atomic mass is 16.7. The number of aliphatic hydroxyl groups is 1. The Balaban J connectivity index is 1.60. The summed E-state index contributed by atoms with van der Waals surface area (Å²) in [5.74, 6) is -3.86. The number of ketones is 1. The van der Waals surface area contributed by atoms with Crippen molar-refractivity contribution in [1.82, 2.24) is 4.90 Å². The lowest BCUT2D eigenvalue weighted by atomic mass is 9.70. The van der Waals surface area contributed by atoms with E-state index in [1.807, 2.05) is 96.9 Å². The summed E-state index contributed by atoms with van der Waals surface area (Å²) in [4.78, 5) is 43.7. The lowest BCUT2D eigenvalue weighted by Crippen LogP contribution is -2.60. The number of aliphatic hydroxyl groups excluding tert-OH is 1. The summed E-state index contributed by atoms with van der Waals surface area (Å²) in [5, 5.41) is 15.1. The van der Waals surface area contributed by atoms with E-state index in [1.54, 1.807) is 13.8 Å². The minimum atomic E-state index is -1.18. The van der Waals surface area contributed by atoms with E-state index in [0.717, 1.165) is 11.3 Å². The Morgan fingerprint density at radius 1 is 1.02 bits per heavy atom. The minimum Gasteiger partial charge on any atom is -0.458 e. The third-order valence-corrected chi connectivity index (χ3v) is 12.5. The molecule has 54 heavy (non-hydrogen) atoms. The molecule has 0 unspecified atom stereocenters. The first-order valence-electron chi connectivity index (χ1n) is 19.8. The van der Waals surface area contributed by atoms with Crippen LogP contribution in [0.15, 0.2) is 42.0 Å². The molecule has 12 nitrogen and oxygen atoms in total. The van der Waals surface area contributed by atoms with Gasteiger partial charge in [-0.15, -0.1) is 0 Å². The number of ether oxygens (including phenoxy) is 6. The van der Waals surface area contributed by atoms with Gasteiger partial charge < -0.3 is 43.7 Å². The van der Waals surface area contributed by atoms with Gasteiger partial charge in [0.05, 0.1) is 49.5 Å². The number of cyclic esters (lactones) is 1. The number of carbonyl (C=O) groups excluding carboxylic acids is 3. The number of nitrogens with one attached hydrogen (secondary N) is 1. The molecule has 0 aromatic heterocycles. The van der Waals surface area contributed by atoms with Crippen molar-refractivity contribution >= 4 is 23.4 Å². The first-order valence-corrected chi connectivity index (χ1v) is 19.8. The molecule has 5 rings (SSSR count). The van der Waals surface area contributed by atoms with Gasteiger partial charge in [0.2, 0.25) is 0 Å². The lowest BCUT2D eigenvalue weighted by molar-refractivity contribution is -0.302. The summed E-state index contributed by atoms with van der Waals surface area (Å²) in [5.41, 5.74) is -0.486. The normalized spacial score (nSPS) is 42.0. The van der Waals surface area contributed by atoms with Crippen LogP contribution in [0.3, 0.4) is 0 Å². The van der Waals surface area contributed by atoms with E-state index < -0.39 is 83.4 Å². The van der Waals surface area contributed by atoms with Crippen LogP contribution in [-0.4, -0.2) is 116 Å². The summed E-state index contributed by atoms with van der Waals surface area (Å²) < 4.78 is 39.2. The molecule has 0 radical (unpaired) electrons. The maximum absolute atomic E-state index is 14.5. The van der Waals surface area contributed by atoms with Crippen LogP contribution < -0.4 is 5.32 Å². The molecular formula is C42H64N2O10. The fraction of sp³-hybridized carbons (Fsp3) is 0.738. The number of esters is 2. The van der Waals surface area contributed by atoms with Crippen molar-refractivity contribution in [2.24, 2.45) is 29.6 Å². The zero-order valence-corrected chi connectivity index (χ0v) is 33.9. The summed E-state index contributed by atoms with van der Waals surface area (Å²) in [6.07, 6.45) is -1.16. The third kappa shape index (κ3) is 9.05. The maximum Gasteiger partial charge on any atom is 0.311 e. The van der Waals surface area contributed by atoms with E-state index in [-0.39, 0.29) is 44.0 Å². The molecule has 1 aromatic carbocycles. The van der Waals surface area contributed by atoms with Crippen LogP contribution in [0.1, 0.15) is 81.1 Å². The topological polar surface area (TPSA) is 142 Å². The Labute approximate surface area is 321 Å². The van der Waals surface area contributed by atoms with Crippen LogP contribution in [0.5, 0.6) is 0 Å². The second kappa shape index (κ2) is 17.5. The third-order valence-electron chi connectivity index (χ3n) is 12.5. The number of anilines is 1. The predicted octanol–water partition coefficient (Wildman–Crippen LogP) is 5.17. The summed E-state index contributed by atoms with van der Waals surface area (Å²) >= 11 is 0. The number of carbonyl (C=O) groups is 3. The van der Waals surface area contributed by atoms with Crippen molar-refractivity contribution in [3.05, 3.63) is 42.0 Å². The predicted molar refractivity (Wildman–Crippen MR) is 203 cm³/mol. The van der Waals surface area contributed by atoms with Crippen molar-refractivity contribution in [2.45, 2.75) is 135 Å². The van der Waals surface area contributed by atoms with Crippen molar-refractivity contribution in [3.63, 3.8) is 0 Å². The van der Waals surface area contributed by atoms with Gasteiger partial charge in [0.1, 0.15) is 23.6 Å². The second-order valence-electron chi connectivity index (χ2n) is 16.9. The van der Waals surface area contributed by atoms with E-state index in [2.05, 4.69) is 5.32 Å². The summed E-state index contributed by atoms with van der Waals surface area (Å²) in [6, 6.07) is 9.66. The highest BCUT2D eigenvalue weighted by Crippen LogP contribution is 2.46. The Kier molecular flexibility index (Phi) is 13.7. The molecule has 12 heteroatoms. The van der Waals surface area contributed by atoms with Crippen LogP contribution in [-0.2, 0) is 42.8 Å². The number of para-hydroxylation sites is 1. The van der Waals surface area contributed by atoms with Gasteiger partial charge in [-0.1, -0.05) is 52.0 Å². The summed E-state index contributed by atoms with van der Waals surface area (Å²) in [7, 11) is 3.85. The molecule has 0 aliphatic carbocycles. The Hall–Kier alpha value is -2.87. The minimum absolute atomic E-state index is 0.0434. The smallest absolute Gasteiger partial charge is 0.311 e. The van der Waals surface area contributed by atoms with E-state index in [4.69, 9.17) is 28.4 Å². The molecule has 2 bridgehead atoms. The average Bonchev–Trinajstić information content (AvgIpc) is 3.46. The average molecular weight is 757 g/mol. The quantitative estimate of drug-likeness (QED) is 0.280.